The Labute approximate surface area is 148 Å². The van der Waals surface area contributed by atoms with Gasteiger partial charge >= 0.3 is 0 Å². The third-order valence-corrected chi connectivity index (χ3v) is 4.99. The molecule has 124 valence electrons. The van der Waals surface area contributed by atoms with Crippen LogP contribution in [0.25, 0.3) is 22.4 Å². The van der Waals surface area contributed by atoms with Crippen molar-refractivity contribution < 1.29 is 4.39 Å². The van der Waals surface area contributed by atoms with Gasteiger partial charge in [0.05, 0.1) is 16.7 Å². The standard InChI is InChI=1S/C18H18BrFN4/c1-23-5-7-24(8-6-23)17-11-16-15(10-14(17)20)21-18(22-16)12-3-2-4-13(19)9-12/h2-4,9-11H,5-8H2,1H3,(H,21,22). The van der Waals surface area contributed by atoms with Crippen molar-refractivity contribution in [1.29, 1.82) is 0 Å². The van der Waals surface area contributed by atoms with Crippen molar-refractivity contribution >= 4 is 32.7 Å². The highest BCUT2D eigenvalue weighted by molar-refractivity contribution is 9.10. The molecule has 0 spiro atoms. The van der Waals surface area contributed by atoms with Gasteiger partial charge in [0.1, 0.15) is 11.6 Å². The number of nitrogens with one attached hydrogen (secondary N) is 1. The van der Waals surface area contributed by atoms with Gasteiger partial charge in [0.2, 0.25) is 0 Å². The number of imidazole rings is 1. The van der Waals surface area contributed by atoms with Crippen LogP contribution in [0.2, 0.25) is 0 Å². The number of rotatable bonds is 2. The van der Waals surface area contributed by atoms with Crippen LogP contribution < -0.4 is 4.90 Å². The van der Waals surface area contributed by atoms with Crippen LogP contribution in [0.4, 0.5) is 10.1 Å². The molecule has 1 fully saturated rings. The molecule has 1 N–H and O–H groups in total. The Morgan fingerprint density at radius 1 is 1.12 bits per heavy atom. The minimum Gasteiger partial charge on any atom is -0.367 e. The summed E-state index contributed by atoms with van der Waals surface area (Å²) in [5.41, 5.74) is 3.13. The summed E-state index contributed by atoms with van der Waals surface area (Å²) in [4.78, 5) is 12.2. The zero-order valence-corrected chi connectivity index (χ0v) is 15.0. The number of anilines is 1. The first-order chi connectivity index (χ1) is 11.6. The topological polar surface area (TPSA) is 35.2 Å². The number of hydrogen-bond donors (Lipinski definition) is 1. The first-order valence-electron chi connectivity index (χ1n) is 7.99. The van der Waals surface area contributed by atoms with Crippen LogP contribution in [0.3, 0.4) is 0 Å². The SMILES string of the molecule is CN1CCN(c2cc3nc(-c4cccc(Br)c4)[nH]c3cc2F)CC1. The summed E-state index contributed by atoms with van der Waals surface area (Å²) < 4.78 is 15.6. The van der Waals surface area contributed by atoms with Crippen molar-refractivity contribution in [3.8, 4) is 11.4 Å². The number of hydrogen-bond acceptors (Lipinski definition) is 3. The predicted octanol–water partition coefficient (Wildman–Crippen LogP) is 3.88. The number of likely N-dealkylation sites (N-methyl/N-ethyl adjacent to an activating group) is 1. The van der Waals surface area contributed by atoms with Gasteiger partial charge in [-0.05, 0) is 25.2 Å². The zero-order chi connectivity index (χ0) is 16.7. The molecule has 4 nitrogen and oxygen atoms in total. The van der Waals surface area contributed by atoms with Crippen LogP contribution in [-0.4, -0.2) is 48.1 Å². The van der Waals surface area contributed by atoms with Crippen molar-refractivity contribution in [3.63, 3.8) is 0 Å². The van der Waals surface area contributed by atoms with Gasteiger partial charge in [-0.2, -0.15) is 0 Å². The van der Waals surface area contributed by atoms with Crippen molar-refractivity contribution in [1.82, 2.24) is 14.9 Å². The third-order valence-electron chi connectivity index (χ3n) is 4.49. The summed E-state index contributed by atoms with van der Waals surface area (Å²) in [5.74, 6) is 0.553. The lowest BCUT2D eigenvalue weighted by molar-refractivity contribution is 0.312. The number of nitrogens with zero attached hydrogens (tertiary/aromatic N) is 3. The van der Waals surface area contributed by atoms with Gasteiger partial charge in [-0.25, -0.2) is 9.37 Å². The Kier molecular flexibility index (Phi) is 4.02. The van der Waals surface area contributed by atoms with Crippen LogP contribution in [0.15, 0.2) is 40.9 Å². The fourth-order valence-corrected chi connectivity index (χ4v) is 3.48. The van der Waals surface area contributed by atoms with E-state index in [1.165, 1.54) is 0 Å². The highest BCUT2D eigenvalue weighted by Crippen LogP contribution is 2.28. The number of halogens is 2. The minimum absolute atomic E-state index is 0.198. The molecule has 1 aliphatic rings. The van der Waals surface area contributed by atoms with Gasteiger partial charge in [0, 0.05) is 42.3 Å². The molecule has 24 heavy (non-hydrogen) atoms. The van der Waals surface area contributed by atoms with E-state index in [9.17, 15) is 4.39 Å². The number of piperazine rings is 1. The fourth-order valence-electron chi connectivity index (χ4n) is 3.08. The summed E-state index contributed by atoms with van der Waals surface area (Å²) in [6.45, 7) is 3.56. The average molecular weight is 389 g/mol. The van der Waals surface area contributed by atoms with Gasteiger partial charge in [0.15, 0.2) is 0 Å². The Hall–Kier alpha value is -1.92. The van der Waals surface area contributed by atoms with Gasteiger partial charge in [-0.15, -0.1) is 0 Å². The second kappa shape index (κ2) is 6.18. The molecule has 1 aliphatic heterocycles. The Bertz CT molecular complexity index is 884. The molecule has 0 amide bonds. The van der Waals surface area contributed by atoms with Crippen molar-refractivity contribution in [3.05, 3.63) is 46.7 Å². The summed E-state index contributed by atoms with van der Waals surface area (Å²) in [7, 11) is 2.09. The lowest BCUT2D eigenvalue weighted by atomic mass is 10.2. The van der Waals surface area contributed by atoms with Crippen LogP contribution >= 0.6 is 15.9 Å². The van der Waals surface area contributed by atoms with Crippen molar-refractivity contribution in [2.45, 2.75) is 0 Å². The van der Waals surface area contributed by atoms with Gasteiger partial charge in [-0.1, -0.05) is 28.1 Å². The van der Waals surface area contributed by atoms with E-state index in [-0.39, 0.29) is 5.82 Å². The molecule has 4 rings (SSSR count). The van der Waals surface area contributed by atoms with Crippen LogP contribution in [0, 0.1) is 5.82 Å². The van der Waals surface area contributed by atoms with Gasteiger partial charge < -0.3 is 14.8 Å². The molecule has 0 atom stereocenters. The Balaban J connectivity index is 1.72. The molecule has 0 unspecified atom stereocenters. The zero-order valence-electron chi connectivity index (χ0n) is 13.4. The van der Waals surface area contributed by atoms with Crippen molar-refractivity contribution in [2.75, 3.05) is 38.1 Å². The molecule has 2 heterocycles. The van der Waals surface area contributed by atoms with Crippen LogP contribution in [0.1, 0.15) is 0 Å². The molecule has 0 bridgehead atoms. The lowest BCUT2D eigenvalue weighted by Gasteiger charge is -2.34. The minimum atomic E-state index is -0.198. The molecule has 1 saturated heterocycles. The molecule has 1 aromatic heterocycles. The maximum Gasteiger partial charge on any atom is 0.148 e. The second-order valence-electron chi connectivity index (χ2n) is 6.21. The molecular weight excluding hydrogens is 371 g/mol. The van der Waals surface area contributed by atoms with E-state index in [0.717, 1.165) is 53.1 Å². The number of aromatic amines is 1. The first kappa shape index (κ1) is 15.6. The molecule has 6 heteroatoms. The number of fused-ring (bicyclic) bond motifs is 1. The van der Waals surface area contributed by atoms with Gasteiger partial charge in [0.25, 0.3) is 0 Å². The molecule has 0 aliphatic carbocycles. The van der Waals surface area contributed by atoms with Crippen LogP contribution in [-0.2, 0) is 0 Å². The van der Waals surface area contributed by atoms with E-state index < -0.39 is 0 Å². The molecule has 2 aromatic carbocycles. The lowest BCUT2D eigenvalue weighted by Crippen LogP contribution is -2.44. The molecular formula is C18H18BrFN4. The summed E-state index contributed by atoms with van der Waals surface area (Å²) in [5, 5.41) is 0. The average Bonchev–Trinajstić information content (AvgIpc) is 2.98. The van der Waals surface area contributed by atoms with Crippen LogP contribution in [0.5, 0.6) is 0 Å². The summed E-state index contributed by atoms with van der Waals surface area (Å²) >= 11 is 3.47. The Morgan fingerprint density at radius 3 is 2.67 bits per heavy atom. The van der Waals surface area contributed by atoms with E-state index in [4.69, 9.17) is 0 Å². The first-order valence-corrected chi connectivity index (χ1v) is 8.78. The maximum atomic E-state index is 14.6. The molecule has 3 aromatic rings. The fraction of sp³-hybridized carbons (Fsp3) is 0.278. The molecule has 0 radical (unpaired) electrons. The smallest absolute Gasteiger partial charge is 0.148 e. The summed E-state index contributed by atoms with van der Waals surface area (Å²) in [6.07, 6.45) is 0. The number of aromatic nitrogens is 2. The number of benzene rings is 2. The van der Waals surface area contributed by atoms with E-state index in [2.05, 4.69) is 42.7 Å². The van der Waals surface area contributed by atoms with E-state index in [0.29, 0.717) is 5.69 Å². The predicted molar refractivity (Wildman–Crippen MR) is 98.9 cm³/mol. The highest BCUT2D eigenvalue weighted by atomic mass is 79.9. The summed E-state index contributed by atoms with van der Waals surface area (Å²) in [6, 6.07) is 11.3. The molecule has 0 saturated carbocycles. The largest absolute Gasteiger partial charge is 0.367 e. The number of H-pyrrole nitrogens is 1. The van der Waals surface area contributed by atoms with E-state index in [1.54, 1.807) is 6.07 Å². The quantitative estimate of drug-likeness (QED) is 0.723. The highest BCUT2D eigenvalue weighted by Gasteiger charge is 2.19. The Morgan fingerprint density at radius 2 is 1.92 bits per heavy atom. The van der Waals surface area contributed by atoms with E-state index >= 15 is 0 Å². The van der Waals surface area contributed by atoms with Crippen molar-refractivity contribution in [2.24, 2.45) is 0 Å². The van der Waals surface area contributed by atoms with E-state index in [1.807, 2.05) is 30.3 Å². The normalized spacial score (nSPS) is 16.0. The monoisotopic (exact) mass is 388 g/mol. The second-order valence-corrected chi connectivity index (χ2v) is 7.12. The maximum absolute atomic E-state index is 14.6. The third kappa shape index (κ3) is 2.91. The van der Waals surface area contributed by atoms with Gasteiger partial charge in [-0.3, -0.25) is 0 Å².